The molecule has 0 aromatic heterocycles. The van der Waals surface area contributed by atoms with Gasteiger partial charge >= 0.3 is 0 Å². The highest BCUT2D eigenvalue weighted by molar-refractivity contribution is 6.32. The van der Waals surface area contributed by atoms with Gasteiger partial charge in [0.2, 0.25) is 5.91 Å². The van der Waals surface area contributed by atoms with E-state index in [9.17, 15) is 9.59 Å². The summed E-state index contributed by atoms with van der Waals surface area (Å²) in [6.45, 7) is 7.68. The number of aryl methyl sites for hydroxylation is 2. The number of nitrogens with zero attached hydrogens (tertiary/aromatic N) is 1. The van der Waals surface area contributed by atoms with E-state index in [1.165, 1.54) is 0 Å². The Morgan fingerprint density at radius 1 is 0.973 bits per heavy atom. The largest absolute Gasteiger partial charge is 0.484 e. The molecule has 0 saturated heterocycles. The van der Waals surface area contributed by atoms with Crippen molar-refractivity contribution in [2.24, 2.45) is 0 Å². The quantitative estimate of drug-likeness (QED) is 0.300. The van der Waals surface area contributed by atoms with Gasteiger partial charge in [-0.1, -0.05) is 78.7 Å². The van der Waals surface area contributed by atoms with Crippen LogP contribution in [0.15, 0.2) is 66.7 Å². The summed E-state index contributed by atoms with van der Waals surface area (Å²) in [5.74, 6) is 0.0244. The zero-order chi connectivity index (χ0) is 26.9. The molecule has 2 atom stereocenters. The van der Waals surface area contributed by atoms with E-state index >= 15 is 0 Å². The number of hydrogen-bond donors (Lipinski definition) is 1. The number of halogens is 2. The van der Waals surface area contributed by atoms with E-state index in [0.29, 0.717) is 22.2 Å². The van der Waals surface area contributed by atoms with Crippen LogP contribution in [0.4, 0.5) is 0 Å². The van der Waals surface area contributed by atoms with Crippen molar-refractivity contribution in [1.82, 2.24) is 10.2 Å². The maximum atomic E-state index is 13.7. The van der Waals surface area contributed by atoms with Crippen molar-refractivity contribution in [2.45, 2.75) is 59.2 Å². The molecule has 0 bridgehead atoms. The molecular formula is C30H34Cl2N2O3. The van der Waals surface area contributed by atoms with Crippen molar-refractivity contribution in [1.29, 1.82) is 0 Å². The molecule has 3 rings (SSSR count). The molecule has 0 radical (unpaired) electrons. The minimum atomic E-state index is -0.752. The minimum absolute atomic E-state index is 0.0284. The first-order valence-electron chi connectivity index (χ1n) is 12.5. The van der Waals surface area contributed by atoms with E-state index in [0.717, 1.165) is 28.7 Å². The molecule has 0 aliphatic rings. The van der Waals surface area contributed by atoms with Crippen LogP contribution in [0.5, 0.6) is 5.75 Å². The third-order valence-electron chi connectivity index (χ3n) is 6.34. The van der Waals surface area contributed by atoms with E-state index in [1.807, 2.05) is 76.2 Å². The van der Waals surface area contributed by atoms with Gasteiger partial charge in [-0.2, -0.15) is 0 Å². The lowest BCUT2D eigenvalue weighted by molar-refractivity contribution is -0.143. The van der Waals surface area contributed by atoms with Crippen molar-refractivity contribution < 1.29 is 14.3 Å². The Labute approximate surface area is 229 Å². The van der Waals surface area contributed by atoms with Crippen molar-refractivity contribution in [3.8, 4) is 5.75 Å². The van der Waals surface area contributed by atoms with Gasteiger partial charge in [0, 0.05) is 29.1 Å². The molecule has 37 heavy (non-hydrogen) atoms. The predicted molar refractivity (Wildman–Crippen MR) is 150 cm³/mol. The highest BCUT2D eigenvalue weighted by atomic mass is 35.5. The second-order valence-corrected chi connectivity index (χ2v) is 10.1. The maximum Gasteiger partial charge on any atom is 0.261 e. The van der Waals surface area contributed by atoms with E-state index in [4.69, 9.17) is 27.9 Å². The SMILES string of the molecule is CCC(C)NC(=O)C(Cc1ccccc1)N(Cc1ccccc1Cl)C(=O)COc1cc(C)c(Cl)c(C)c1. The molecule has 0 aliphatic carbocycles. The molecule has 5 nitrogen and oxygen atoms in total. The number of rotatable bonds is 11. The number of amides is 2. The fraction of sp³-hybridized carbons (Fsp3) is 0.333. The van der Waals surface area contributed by atoms with Crippen LogP contribution in [-0.4, -0.2) is 35.4 Å². The second kappa shape index (κ2) is 13.5. The van der Waals surface area contributed by atoms with E-state index in [2.05, 4.69) is 5.32 Å². The van der Waals surface area contributed by atoms with Crippen LogP contribution in [0.25, 0.3) is 0 Å². The number of hydrogen-bond acceptors (Lipinski definition) is 3. The maximum absolute atomic E-state index is 13.7. The highest BCUT2D eigenvalue weighted by Gasteiger charge is 2.31. The molecule has 0 heterocycles. The first-order chi connectivity index (χ1) is 17.7. The Kier molecular flexibility index (Phi) is 10.4. The molecule has 196 valence electrons. The topological polar surface area (TPSA) is 58.6 Å². The summed E-state index contributed by atoms with van der Waals surface area (Å²) in [5.41, 5.74) is 3.44. The first-order valence-corrected chi connectivity index (χ1v) is 13.2. The predicted octanol–water partition coefficient (Wildman–Crippen LogP) is 6.54. The third kappa shape index (κ3) is 7.98. The molecular weight excluding hydrogens is 507 g/mol. The van der Waals surface area contributed by atoms with Gasteiger partial charge in [-0.15, -0.1) is 0 Å². The normalized spacial score (nSPS) is 12.5. The van der Waals surface area contributed by atoms with Crippen LogP contribution in [-0.2, 0) is 22.6 Å². The van der Waals surface area contributed by atoms with Crippen molar-refractivity contribution in [2.75, 3.05) is 6.61 Å². The summed E-state index contributed by atoms with van der Waals surface area (Å²) in [6.07, 6.45) is 1.14. The molecule has 7 heteroatoms. The van der Waals surface area contributed by atoms with E-state index in [1.54, 1.807) is 23.1 Å². The Morgan fingerprint density at radius 3 is 2.22 bits per heavy atom. The fourth-order valence-corrected chi connectivity index (χ4v) is 4.33. The van der Waals surface area contributed by atoms with Gasteiger partial charge < -0.3 is 15.0 Å². The molecule has 2 amide bonds. The Balaban J connectivity index is 1.94. The molecule has 0 saturated carbocycles. The standard InChI is InChI=1S/C30H34Cl2N2O3/c1-5-22(4)33-30(36)27(17-23-11-7-6-8-12-23)34(18-24-13-9-10-14-26(24)31)28(35)19-37-25-15-20(2)29(32)21(3)16-25/h6-16,22,27H,5,17-19H2,1-4H3,(H,33,36). The number of carbonyl (C=O) groups excluding carboxylic acids is 2. The summed E-state index contributed by atoms with van der Waals surface area (Å²) in [6, 6.07) is 19.9. The van der Waals surface area contributed by atoms with Gasteiger partial charge in [-0.25, -0.2) is 0 Å². The van der Waals surface area contributed by atoms with Gasteiger partial charge in [-0.3, -0.25) is 9.59 Å². The molecule has 0 fully saturated rings. The molecule has 3 aromatic carbocycles. The van der Waals surface area contributed by atoms with Crippen LogP contribution in [0, 0.1) is 13.8 Å². The van der Waals surface area contributed by atoms with Crippen molar-refractivity contribution >= 4 is 35.0 Å². The number of benzene rings is 3. The summed E-state index contributed by atoms with van der Waals surface area (Å²) in [4.78, 5) is 28.8. The fourth-order valence-electron chi connectivity index (χ4n) is 4.02. The van der Waals surface area contributed by atoms with E-state index < -0.39 is 6.04 Å². The average molecular weight is 542 g/mol. The monoisotopic (exact) mass is 540 g/mol. The van der Waals surface area contributed by atoms with Crippen LogP contribution in [0.1, 0.15) is 42.5 Å². The lowest BCUT2D eigenvalue weighted by atomic mass is 10.0. The molecule has 0 spiro atoms. The van der Waals surface area contributed by atoms with Crippen molar-refractivity contribution in [3.05, 3.63) is 99.0 Å². The van der Waals surface area contributed by atoms with Gasteiger partial charge in [-0.05, 0) is 67.6 Å². The Bertz CT molecular complexity index is 1190. The minimum Gasteiger partial charge on any atom is -0.484 e. The smallest absolute Gasteiger partial charge is 0.261 e. The van der Waals surface area contributed by atoms with Gasteiger partial charge in [0.25, 0.3) is 5.91 Å². The molecule has 3 aromatic rings. The van der Waals surface area contributed by atoms with Crippen LogP contribution < -0.4 is 10.1 Å². The van der Waals surface area contributed by atoms with Crippen LogP contribution in [0.2, 0.25) is 10.0 Å². The summed E-state index contributed by atoms with van der Waals surface area (Å²) in [5, 5.41) is 4.26. The lowest BCUT2D eigenvalue weighted by Gasteiger charge is -2.32. The zero-order valence-electron chi connectivity index (χ0n) is 21.8. The lowest BCUT2D eigenvalue weighted by Crippen LogP contribution is -2.53. The van der Waals surface area contributed by atoms with Gasteiger partial charge in [0.1, 0.15) is 11.8 Å². The Hall–Kier alpha value is -3.02. The van der Waals surface area contributed by atoms with E-state index in [-0.39, 0.29) is 31.0 Å². The van der Waals surface area contributed by atoms with Gasteiger partial charge in [0.05, 0.1) is 0 Å². The third-order valence-corrected chi connectivity index (χ3v) is 7.31. The number of nitrogens with one attached hydrogen (secondary N) is 1. The second-order valence-electron chi connectivity index (χ2n) is 9.30. The molecule has 0 aliphatic heterocycles. The number of carbonyl (C=O) groups is 2. The number of ether oxygens (including phenoxy) is 1. The average Bonchev–Trinajstić information content (AvgIpc) is 2.89. The summed E-state index contributed by atoms with van der Waals surface area (Å²) in [7, 11) is 0. The molecule has 2 unspecified atom stereocenters. The zero-order valence-corrected chi connectivity index (χ0v) is 23.3. The highest BCUT2D eigenvalue weighted by Crippen LogP contribution is 2.26. The van der Waals surface area contributed by atoms with Crippen LogP contribution >= 0.6 is 23.2 Å². The summed E-state index contributed by atoms with van der Waals surface area (Å²) < 4.78 is 5.90. The summed E-state index contributed by atoms with van der Waals surface area (Å²) >= 11 is 12.8. The first kappa shape index (κ1) is 28.5. The van der Waals surface area contributed by atoms with Crippen LogP contribution in [0.3, 0.4) is 0 Å². The van der Waals surface area contributed by atoms with Gasteiger partial charge in [0.15, 0.2) is 6.61 Å². The van der Waals surface area contributed by atoms with Crippen molar-refractivity contribution in [3.63, 3.8) is 0 Å². The molecule has 1 N–H and O–H groups in total. The Morgan fingerprint density at radius 2 is 1.59 bits per heavy atom.